The van der Waals surface area contributed by atoms with Crippen molar-refractivity contribution in [2.45, 2.75) is 38.3 Å². The van der Waals surface area contributed by atoms with E-state index in [9.17, 15) is 19.1 Å². The van der Waals surface area contributed by atoms with E-state index >= 15 is 0 Å². The van der Waals surface area contributed by atoms with Gasteiger partial charge in [-0.15, -0.1) is 5.10 Å². The molecule has 3 N–H and O–H groups in total. The fraction of sp³-hybridized carbons (Fsp3) is 0.273. The molecular weight excluding hydrogens is 401 g/mol. The quantitative estimate of drug-likeness (QED) is 0.538. The number of halogens is 1. The maximum absolute atomic E-state index is 13.4. The number of amides is 1. The molecule has 8 nitrogen and oxygen atoms in total. The first-order valence-electron chi connectivity index (χ1n) is 9.89. The Kier molecular flexibility index (Phi) is 5.18. The van der Waals surface area contributed by atoms with Crippen molar-refractivity contribution < 1.29 is 19.1 Å². The van der Waals surface area contributed by atoms with Gasteiger partial charge in [-0.3, -0.25) is 4.79 Å². The molecule has 0 saturated heterocycles. The molecule has 1 saturated carbocycles. The van der Waals surface area contributed by atoms with E-state index in [0.29, 0.717) is 35.3 Å². The smallest absolute Gasteiger partial charge is 0.329 e. The fourth-order valence-electron chi connectivity index (χ4n) is 3.23. The summed E-state index contributed by atoms with van der Waals surface area (Å²) in [5.74, 6) is -1.68. The van der Waals surface area contributed by atoms with Crippen molar-refractivity contribution >= 4 is 17.6 Å². The molecule has 9 heteroatoms. The molecule has 1 amide bonds. The molecule has 2 aromatic carbocycles. The lowest BCUT2D eigenvalue weighted by Gasteiger charge is -2.13. The summed E-state index contributed by atoms with van der Waals surface area (Å²) in [5.41, 5.74) is 1.99. The molecule has 31 heavy (non-hydrogen) atoms. The SMILES string of the molecule is Cc1cc(NC(C)c2cn(-c3ccc(C(=O)NC4(C(=O)O)CC4)cc3)nn2)ccc1F. The second-order valence-corrected chi connectivity index (χ2v) is 7.81. The Morgan fingerprint density at radius 2 is 1.90 bits per heavy atom. The summed E-state index contributed by atoms with van der Waals surface area (Å²) in [6.45, 7) is 3.63. The number of aromatic nitrogens is 3. The lowest BCUT2D eigenvalue weighted by molar-refractivity contribution is -0.140. The number of benzene rings is 2. The minimum absolute atomic E-state index is 0.158. The summed E-state index contributed by atoms with van der Waals surface area (Å²) < 4.78 is 15.0. The van der Waals surface area contributed by atoms with Crippen LogP contribution in [-0.2, 0) is 4.79 Å². The topological polar surface area (TPSA) is 109 Å². The molecule has 160 valence electrons. The lowest BCUT2D eigenvalue weighted by Crippen LogP contribution is -2.43. The average molecular weight is 423 g/mol. The minimum Gasteiger partial charge on any atom is -0.480 e. The van der Waals surface area contributed by atoms with Crippen LogP contribution in [0.25, 0.3) is 5.69 Å². The van der Waals surface area contributed by atoms with Gasteiger partial charge in [0, 0.05) is 11.3 Å². The number of rotatable bonds is 7. The number of aliphatic carboxylic acids is 1. The van der Waals surface area contributed by atoms with Gasteiger partial charge in [0.15, 0.2) is 0 Å². The number of carboxylic acids is 1. The predicted molar refractivity (Wildman–Crippen MR) is 112 cm³/mol. The van der Waals surface area contributed by atoms with Crippen LogP contribution in [0.3, 0.4) is 0 Å². The van der Waals surface area contributed by atoms with Crippen molar-refractivity contribution in [1.82, 2.24) is 20.3 Å². The molecule has 1 fully saturated rings. The van der Waals surface area contributed by atoms with Crippen LogP contribution in [0.5, 0.6) is 0 Å². The van der Waals surface area contributed by atoms with Crippen LogP contribution in [0.1, 0.15) is 47.4 Å². The number of hydrogen-bond donors (Lipinski definition) is 3. The van der Waals surface area contributed by atoms with Gasteiger partial charge in [0.25, 0.3) is 5.91 Å². The molecule has 0 bridgehead atoms. The second kappa shape index (κ2) is 7.82. The molecule has 1 heterocycles. The monoisotopic (exact) mass is 423 g/mol. The van der Waals surface area contributed by atoms with Crippen molar-refractivity contribution in [2.75, 3.05) is 5.32 Å². The van der Waals surface area contributed by atoms with E-state index in [1.54, 1.807) is 54.2 Å². The third-order valence-electron chi connectivity index (χ3n) is 5.40. The van der Waals surface area contributed by atoms with Crippen molar-refractivity contribution in [3.05, 3.63) is 71.3 Å². The van der Waals surface area contributed by atoms with Gasteiger partial charge in [0.2, 0.25) is 0 Å². The number of nitrogens with one attached hydrogen (secondary N) is 2. The molecule has 1 unspecified atom stereocenters. The van der Waals surface area contributed by atoms with Crippen molar-refractivity contribution in [3.8, 4) is 5.69 Å². The van der Waals surface area contributed by atoms with Crippen LogP contribution < -0.4 is 10.6 Å². The molecule has 1 aliphatic rings. The highest BCUT2D eigenvalue weighted by Crippen LogP contribution is 2.35. The van der Waals surface area contributed by atoms with Crippen LogP contribution in [-0.4, -0.2) is 37.5 Å². The summed E-state index contributed by atoms with van der Waals surface area (Å²) in [6, 6.07) is 11.3. The van der Waals surface area contributed by atoms with Gasteiger partial charge in [-0.1, -0.05) is 5.21 Å². The number of carboxylic acid groups (broad SMARTS) is 1. The Morgan fingerprint density at radius 1 is 1.19 bits per heavy atom. The third kappa shape index (κ3) is 4.25. The Balaban J connectivity index is 1.43. The van der Waals surface area contributed by atoms with Crippen molar-refractivity contribution in [3.63, 3.8) is 0 Å². The fourth-order valence-corrected chi connectivity index (χ4v) is 3.23. The summed E-state index contributed by atoms with van der Waals surface area (Å²) in [7, 11) is 0. The standard InChI is InChI=1S/C22H22FN5O3/c1-13-11-16(5-8-18(13)23)24-14(2)19-12-28(27-26-19)17-6-3-15(4-7-17)20(29)25-22(9-10-22)21(30)31/h3-8,11-12,14,24H,9-10H2,1-2H3,(H,25,29)(H,30,31). The lowest BCUT2D eigenvalue weighted by atomic mass is 10.1. The first kappa shape index (κ1) is 20.5. The Hall–Kier alpha value is -3.75. The van der Waals surface area contributed by atoms with Gasteiger partial charge < -0.3 is 15.7 Å². The van der Waals surface area contributed by atoms with E-state index in [1.807, 2.05) is 6.92 Å². The van der Waals surface area contributed by atoms with Gasteiger partial charge >= 0.3 is 5.97 Å². The number of anilines is 1. The van der Waals surface area contributed by atoms with Crippen LogP contribution >= 0.6 is 0 Å². The molecule has 3 aromatic rings. The number of carbonyl (C=O) groups is 2. The van der Waals surface area contributed by atoms with Crippen molar-refractivity contribution in [1.29, 1.82) is 0 Å². The van der Waals surface area contributed by atoms with E-state index in [1.165, 1.54) is 6.07 Å². The van der Waals surface area contributed by atoms with E-state index < -0.39 is 17.4 Å². The van der Waals surface area contributed by atoms with Crippen LogP contribution in [0.4, 0.5) is 10.1 Å². The largest absolute Gasteiger partial charge is 0.480 e. The number of aryl methyl sites for hydroxylation is 1. The molecule has 0 radical (unpaired) electrons. The van der Waals surface area contributed by atoms with Crippen molar-refractivity contribution in [2.24, 2.45) is 0 Å². The van der Waals surface area contributed by atoms with E-state index in [4.69, 9.17) is 0 Å². The Labute approximate surface area is 178 Å². The maximum atomic E-state index is 13.4. The molecular formula is C22H22FN5O3. The average Bonchev–Trinajstić information content (AvgIpc) is 3.36. The zero-order valence-corrected chi connectivity index (χ0v) is 17.1. The number of hydrogen-bond acceptors (Lipinski definition) is 5. The van der Waals surface area contributed by atoms with Gasteiger partial charge in [-0.25, -0.2) is 13.9 Å². The minimum atomic E-state index is -1.12. The number of carbonyl (C=O) groups excluding carboxylic acids is 1. The summed E-state index contributed by atoms with van der Waals surface area (Å²) in [4.78, 5) is 23.6. The van der Waals surface area contributed by atoms with Gasteiger partial charge in [-0.2, -0.15) is 0 Å². The first-order chi connectivity index (χ1) is 14.8. The predicted octanol–water partition coefficient (Wildman–Crippen LogP) is 3.23. The molecule has 1 aliphatic carbocycles. The van der Waals surface area contributed by atoms with Gasteiger partial charge in [0.05, 0.1) is 17.9 Å². The van der Waals surface area contributed by atoms with Gasteiger partial charge in [0.1, 0.15) is 17.1 Å². The zero-order chi connectivity index (χ0) is 22.2. The number of nitrogens with zero attached hydrogens (tertiary/aromatic N) is 3. The second-order valence-electron chi connectivity index (χ2n) is 7.81. The normalized spacial score (nSPS) is 15.2. The molecule has 1 atom stereocenters. The van der Waals surface area contributed by atoms with E-state index in [2.05, 4.69) is 20.9 Å². The van der Waals surface area contributed by atoms with Crippen LogP contribution in [0.2, 0.25) is 0 Å². The Bertz CT molecular complexity index is 1140. The summed E-state index contributed by atoms with van der Waals surface area (Å²) >= 11 is 0. The molecule has 1 aromatic heterocycles. The summed E-state index contributed by atoms with van der Waals surface area (Å²) in [5, 5.41) is 23.4. The third-order valence-corrected chi connectivity index (χ3v) is 5.40. The van der Waals surface area contributed by atoms with Crippen LogP contribution in [0.15, 0.2) is 48.7 Å². The summed E-state index contributed by atoms with van der Waals surface area (Å²) in [6.07, 6.45) is 2.65. The van der Waals surface area contributed by atoms with E-state index in [0.717, 1.165) is 5.69 Å². The molecule has 0 spiro atoms. The molecule has 0 aliphatic heterocycles. The highest BCUT2D eigenvalue weighted by molar-refractivity contribution is 5.99. The Morgan fingerprint density at radius 3 is 2.52 bits per heavy atom. The first-order valence-corrected chi connectivity index (χ1v) is 9.89. The van der Waals surface area contributed by atoms with E-state index in [-0.39, 0.29) is 11.9 Å². The highest BCUT2D eigenvalue weighted by atomic mass is 19.1. The highest BCUT2D eigenvalue weighted by Gasteiger charge is 2.51. The maximum Gasteiger partial charge on any atom is 0.329 e. The molecule has 4 rings (SSSR count). The zero-order valence-electron chi connectivity index (χ0n) is 17.1. The van der Waals surface area contributed by atoms with Gasteiger partial charge in [-0.05, 0) is 74.7 Å². The van der Waals surface area contributed by atoms with Crippen LogP contribution in [0, 0.1) is 12.7 Å².